The smallest absolute Gasteiger partial charge is 0.0541 e. The Bertz CT molecular complexity index is 119. The second-order valence-electron chi connectivity index (χ2n) is 3.98. The van der Waals surface area contributed by atoms with Gasteiger partial charge < -0.3 is 10.4 Å². The van der Waals surface area contributed by atoms with Crippen LogP contribution in [0.15, 0.2) is 0 Å². The fraction of sp³-hybridized carbons (Fsp3) is 1.00. The predicted molar refractivity (Wildman–Crippen MR) is 51.2 cm³/mol. The van der Waals surface area contributed by atoms with Crippen LogP contribution < -0.4 is 5.32 Å². The fourth-order valence-electron chi connectivity index (χ4n) is 1.76. The number of hydrogen-bond donors (Lipinski definition) is 2. The minimum Gasteiger partial charge on any atom is -0.393 e. The number of aliphatic hydroxyl groups is 1. The third kappa shape index (κ3) is 3.11. The van der Waals surface area contributed by atoms with Gasteiger partial charge in [-0.25, -0.2) is 0 Å². The maximum absolute atomic E-state index is 9.29. The van der Waals surface area contributed by atoms with Crippen molar-refractivity contribution < 1.29 is 5.11 Å². The average Bonchev–Trinajstić information content (AvgIpc) is 2.09. The molecule has 1 fully saturated rings. The molecule has 0 bridgehead atoms. The van der Waals surface area contributed by atoms with E-state index in [4.69, 9.17) is 0 Å². The second kappa shape index (κ2) is 4.83. The first-order valence-electron chi connectivity index (χ1n) is 5.16. The van der Waals surface area contributed by atoms with E-state index < -0.39 is 0 Å². The first-order chi connectivity index (χ1) is 5.72. The van der Waals surface area contributed by atoms with Crippen LogP contribution in [-0.4, -0.2) is 23.3 Å². The molecule has 0 aromatic carbocycles. The molecule has 0 radical (unpaired) electrons. The van der Waals surface area contributed by atoms with Gasteiger partial charge in [-0.3, -0.25) is 0 Å². The lowest BCUT2D eigenvalue weighted by Gasteiger charge is -2.28. The van der Waals surface area contributed by atoms with Crippen molar-refractivity contribution in [1.29, 1.82) is 0 Å². The quantitative estimate of drug-likeness (QED) is 0.677. The molecule has 12 heavy (non-hydrogen) atoms. The summed E-state index contributed by atoms with van der Waals surface area (Å²) in [6.07, 6.45) is 5.41. The Hall–Kier alpha value is -0.0800. The normalized spacial score (nSPS) is 33.2. The predicted octanol–water partition coefficient (Wildman–Crippen LogP) is 1.68. The van der Waals surface area contributed by atoms with Crippen LogP contribution >= 0.6 is 0 Å². The second-order valence-corrected chi connectivity index (χ2v) is 3.98. The van der Waals surface area contributed by atoms with E-state index >= 15 is 0 Å². The van der Waals surface area contributed by atoms with Crippen LogP contribution in [0.2, 0.25) is 0 Å². The molecular weight excluding hydrogens is 150 g/mol. The molecule has 0 saturated heterocycles. The Morgan fingerprint density at radius 2 is 1.92 bits per heavy atom. The first kappa shape index (κ1) is 10.0. The van der Waals surface area contributed by atoms with Crippen LogP contribution in [0.3, 0.4) is 0 Å². The van der Waals surface area contributed by atoms with Crippen LogP contribution in [-0.2, 0) is 0 Å². The molecule has 2 heteroatoms. The summed E-state index contributed by atoms with van der Waals surface area (Å²) in [6, 6.07) is 1.29. The molecule has 1 aliphatic rings. The average molecular weight is 171 g/mol. The molecule has 1 aliphatic carbocycles. The molecule has 0 amide bonds. The van der Waals surface area contributed by atoms with E-state index in [1.807, 2.05) is 0 Å². The highest BCUT2D eigenvalue weighted by Gasteiger charge is 2.19. The molecule has 0 aromatic heterocycles. The van der Waals surface area contributed by atoms with Crippen molar-refractivity contribution >= 4 is 0 Å². The van der Waals surface area contributed by atoms with Gasteiger partial charge in [0, 0.05) is 12.1 Å². The Balaban J connectivity index is 2.17. The van der Waals surface area contributed by atoms with Gasteiger partial charge in [-0.2, -0.15) is 0 Å². The number of nitrogens with one attached hydrogen (secondary N) is 1. The van der Waals surface area contributed by atoms with E-state index in [0.717, 1.165) is 25.7 Å². The van der Waals surface area contributed by atoms with Gasteiger partial charge in [-0.1, -0.05) is 6.92 Å². The van der Waals surface area contributed by atoms with E-state index in [9.17, 15) is 5.11 Å². The van der Waals surface area contributed by atoms with Gasteiger partial charge in [0.1, 0.15) is 0 Å². The van der Waals surface area contributed by atoms with E-state index in [1.165, 1.54) is 6.42 Å². The molecule has 2 N–H and O–H groups in total. The summed E-state index contributed by atoms with van der Waals surface area (Å²) in [4.78, 5) is 0. The molecular formula is C10H21NO. The molecule has 72 valence electrons. The fourth-order valence-corrected chi connectivity index (χ4v) is 1.76. The molecule has 1 atom stereocenters. The van der Waals surface area contributed by atoms with Crippen molar-refractivity contribution in [3.8, 4) is 0 Å². The highest BCUT2D eigenvalue weighted by atomic mass is 16.3. The van der Waals surface area contributed by atoms with E-state index in [-0.39, 0.29) is 6.10 Å². The molecule has 1 rings (SSSR count). The summed E-state index contributed by atoms with van der Waals surface area (Å²) < 4.78 is 0. The summed E-state index contributed by atoms with van der Waals surface area (Å²) in [6.45, 7) is 4.43. The lowest BCUT2D eigenvalue weighted by molar-refractivity contribution is 0.114. The van der Waals surface area contributed by atoms with Gasteiger partial charge in [0.15, 0.2) is 0 Å². The highest BCUT2D eigenvalue weighted by Crippen LogP contribution is 2.18. The zero-order valence-electron chi connectivity index (χ0n) is 8.21. The van der Waals surface area contributed by atoms with Crippen molar-refractivity contribution in [3.05, 3.63) is 0 Å². The van der Waals surface area contributed by atoms with Crippen molar-refractivity contribution in [2.24, 2.45) is 0 Å². The van der Waals surface area contributed by atoms with Gasteiger partial charge in [-0.05, 0) is 39.0 Å². The van der Waals surface area contributed by atoms with Crippen molar-refractivity contribution in [1.82, 2.24) is 5.32 Å². The standard InChI is InChI=1S/C10H21NO/c1-3-8(2)11-9-4-6-10(12)7-5-9/h8-12H,3-7H2,1-2H3/t8-,9?,10?/m1/s1. The summed E-state index contributed by atoms with van der Waals surface area (Å²) >= 11 is 0. The summed E-state index contributed by atoms with van der Waals surface area (Å²) in [5, 5.41) is 12.9. The van der Waals surface area contributed by atoms with Gasteiger partial charge in [0.2, 0.25) is 0 Å². The minimum atomic E-state index is -0.0278. The number of aliphatic hydroxyl groups excluding tert-OH is 1. The van der Waals surface area contributed by atoms with Crippen LogP contribution in [0.1, 0.15) is 46.0 Å². The topological polar surface area (TPSA) is 32.3 Å². The van der Waals surface area contributed by atoms with Crippen LogP contribution in [0.5, 0.6) is 0 Å². The van der Waals surface area contributed by atoms with Gasteiger partial charge in [0.05, 0.1) is 6.10 Å². The number of hydrogen-bond acceptors (Lipinski definition) is 2. The van der Waals surface area contributed by atoms with E-state index in [2.05, 4.69) is 19.2 Å². The molecule has 2 nitrogen and oxygen atoms in total. The third-order valence-electron chi connectivity index (χ3n) is 2.83. The summed E-state index contributed by atoms with van der Waals surface area (Å²) in [5.41, 5.74) is 0. The van der Waals surface area contributed by atoms with Crippen molar-refractivity contribution in [2.45, 2.75) is 64.1 Å². The maximum atomic E-state index is 9.29. The zero-order valence-corrected chi connectivity index (χ0v) is 8.21. The molecule has 1 saturated carbocycles. The molecule has 0 aromatic rings. The lowest BCUT2D eigenvalue weighted by atomic mass is 9.92. The Labute approximate surface area is 75.4 Å². The van der Waals surface area contributed by atoms with Gasteiger partial charge in [-0.15, -0.1) is 0 Å². The van der Waals surface area contributed by atoms with Gasteiger partial charge >= 0.3 is 0 Å². The zero-order chi connectivity index (χ0) is 8.97. The van der Waals surface area contributed by atoms with Gasteiger partial charge in [0.25, 0.3) is 0 Å². The van der Waals surface area contributed by atoms with E-state index in [1.54, 1.807) is 0 Å². The third-order valence-corrected chi connectivity index (χ3v) is 2.83. The van der Waals surface area contributed by atoms with Crippen LogP contribution in [0.25, 0.3) is 0 Å². The summed E-state index contributed by atoms with van der Waals surface area (Å²) in [5.74, 6) is 0. The van der Waals surface area contributed by atoms with E-state index in [0.29, 0.717) is 12.1 Å². The number of rotatable bonds is 3. The molecule has 0 unspecified atom stereocenters. The lowest BCUT2D eigenvalue weighted by Crippen LogP contribution is -2.39. The van der Waals surface area contributed by atoms with Crippen molar-refractivity contribution in [2.75, 3.05) is 0 Å². The molecule has 0 aliphatic heterocycles. The first-order valence-corrected chi connectivity index (χ1v) is 5.16. The Kier molecular flexibility index (Phi) is 4.02. The SMILES string of the molecule is CC[C@@H](C)NC1CCC(O)CC1. The minimum absolute atomic E-state index is 0.0278. The molecule has 0 heterocycles. The molecule has 0 spiro atoms. The Morgan fingerprint density at radius 1 is 1.33 bits per heavy atom. The van der Waals surface area contributed by atoms with Crippen LogP contribution in [0, 0.1) is 0 Å². The van der Waals surface area contributed by atoms with Crippen LogP contribution in [0.4, 0.5) is 0 Å². The monoisotopic (exact) mass is 171 g/mol. The largest absolute Gasteiger partial charge is 0.393 e. The van der Waals surface area contributed by atoms with Crippen molar-refractivity contribution in [3.63, 3.8) is 0 Å². The maximum Gasteiger partial charge on any atom is 0.0541 e. The highest BCUT2D eigenvalue weighted by molar-refractivity contribution is 4.78. The summed E-state index contributed by atoms with van der Waals surface area (Å²) in [7, 11) is 0. The Morgan fingerprint density at radius 3 is 2.42 bits per heavy atom.